The molecule has 2 aromatic rings. The molecule has 0 aliphatic rings. The second kappa shape index (κ2) is 11.0. The van der Waals surface area contributed by atoms with Crippen molar-refractivity contribution in [3.63, 3.8) is 0 Å². The summed E-state index contributed by atoms with van der Waals surface area (Å²) in [6, 6.07) is 16.2. The summed E-state index contributed by atoms with van der Waals surface area (Å²) in [5.41, 5.74) is 2.11. The second-order valence-corrected chi connectivity index (χ2v) is 3.37. The second-order valence-electron chi connectivity index (χ2n) is 3.37. The Balaban J connectivity index is 0.000000303. The van der Waals surface area contributed by atoms with Gasteiger partial charge in [0, 0.05) is 0 Å². The minimum atomic E-state index is -0.208. The lowest BCUT2D eigenvalue weighted by Crippen LogP contribution is -1.72. The predicted octanol–water partition coefficient (Wildman–Crippen LogP) is 5.82. The zero-order valence-electron chi connectivity index (χ0n) is 11.6. The van der Waals surface area contributed by atoms with Crippen LogP contribution >= 0.6 is 0 Å². The third-order valence-corrected chi connectivity index (χ3v) is 2.14. The first-order chi connectivity index (χ1) is 9.26. The van der Waals surface area contributed by atoms with Crippen LogP contribution in [0.2, 0.25) is 0 Å². The molecule has 0 atom stereocenters. The summed E-state index contributed by atoms with van der Waals surface area (Å²) in [6.07, 6.45) is 3.51. The van der Waals surface area contributed by atoms with E-state index in [-0.39, 0.29) is 5.82 Å². The van der Waals surface area contributed by atoms with Crippen LogP contribution in [0.25, 0.3) is 12.2 Å². The minimum Gasteiger partial charge on any atom is -0.207 e. The van der Waals surface area contributed by atoms with Crippen LogP contribution in [-0.2, 0) is 0 Å². The van der Waals surface area contributed by atoms with Crippen molar-refractivity contribution in [3.05, 3.63) is 84.7 Å². The maximum Gasteiger partial charge on any atom is 0.123 e. The first-order valence-electron chi connectivity index (χ1n) is 6.31. The van der Waals surface area contributed by atoms with E-state index in [1.807, 2.05) is 50.3 Å². The SMILES string of the molecule is C=Cc1ccc(F)cc1.C=Cc1ccccc1.CC. The quantitative estimate of drug-likeness (QED) is 0.634. The topological polar surface area (TPSA) is 0 Å². The molecule has 0 aromatic heterocycles. The van der Waals surface area contributed by atoms with Crippen molar-refractivity contribution in [2.45, 2.75) is 13.8 Å². The van der Waals surface area contributed by atoms with Crippen molar-refractivity contribution in [2.75, 3.05) is 0 Å². The lowest BCUT2D eigenvalue weighted by Gasteiger charge is -1.88. The standard InChI is InChI=1S/C8H7F.C8H8.C2H6/c1-2-7-3-5-8(9)6-4-7;1-2-8-6-4-3-5-7-8;1-2/h2-6H,1H2;2-7H,1H2;1-2H3. The van der Waals surface area contributed by atoms with Crippen LogP contribution in [0.15, 0.2) is 67.8 Å². The molecule has 0 radical (unpaired) electrons. The van der Waals surface area contributed by atoms with Crippen molar-refractivity contribution in [3.8, 4) is 0 Å². The van der Waals surface area contributed by atoms with Crippen LogP contribution < -0.4 is 0 Å². The number of rotatable bonds is 2. The summed E-state index contributed by atoms with van der Waals surface area (Å²) in [5.74, 6) is -0.208. The molecule has 2 rings (SSSR count). The molecule has 0 bridgehead atoms. The highest BCUT2D eigenvalue weighted by Crippen LogP contribution is 2.02. The molecular weight excluding hydrogens is 235 g/mol. The van der Waals surface area contributed by atoms with Crippen molar-refractivity contribution in [1.82, 2.24) is 0 Å². The Morgan fingerprint density at radius 2 is 1.16 bits per heavy atom. The van der Waals surface area contributed by atoms with Crippen molar-refractivity contribution >= 4 is 12.2 Å². The highest BCUT2D eigenvalue weighted by molar-refractivity contribution is 5.46. The molecule has 0 unspecified atom stereocenters. The van der Waals surface area contributed by atoms with Gasteiger partial charge in [-0.05, 0) is 23.3 Å². The van der Waals surface area contributed by atoms with E-state index in [0.29, 0.717) is 0 Å². The molecule has 2 aromatic carbocycles. The molecule has 0 heterocycles. The van der Waals surface area contributed by atoms with Gasteiger partial charge in [-0.3, -0.25) is 0 Å². The van der Waals surface area contributed by atoms with Crippen LogP contribution in [-0.4, -0.2) is 0 Å². The largest absolute Gasteiger partial charge is 0.207 e. The van der Waals surface area contributed by atoms with Gasteiger partial charge < -0.3 is 0 Å². The first kappa shape index (κ1) is 16.9. The molecule has 0 saturated carbocycles. The van der Waals surface area contributed by atoms with E-state index in [4.69, 9.17) is 0 Å². The number of benzene rings is 2. The van der Waals surface area contributed by atoms with Gasteiger partial charge in [-0.2, -0.15) is 0 Å². The summed E-state index contributed by atoms with van der Waals surface area (Å²) in [7, 11) is 0. The van der Waals surface area contributed by atoms with E-state index in [1.54, 1.807) is 18.2 Å². The fourth-order valence-corrected chi connectivity index (χ4v) is 1.19. The van der Waals surface area contributed by atoms with Gasteiger partial charge >= 0.3 is 0 Å². The summed E-state index contributed by atoms with van der Waals surface area (Å²) < 4.78 is 12.2. The normalized spacial score (nSPS) is 8.16. The van der Waals surface area contributed by atoms with Gasteiger partial charge in [0.25, 0.3) is 0 Å². The van der Waals surface area contributed by atoms with Gasteiger partial charge in [0.2, 0.25) is 0 Å². The summed E-state index contributed by atoms with van der Waals surface area (Å²) in [4.78, 5) is 0. The summed E-state index contributed by atoms with van der Waals surface area (Å²) in [5, 5.41) is 0. The Bertz CT molecular complexity index is 455. The summed E-state index contributed by atoms with van der Waals surface area (Å²) in [6.45, 7) is 11.2. The molecule has 0 fully saturated rings. The van der Waals surface area contributed by atoms with E-state index >= 15 is 0 Å². The fraction of sp³-hybridized carbons (Fsp3) is 0.111. The van der Waals surface area contributed by atoms with Gasteiger partial charge in [0.1, 0.15) is 5.82 Å². The smallest absolute Gasteiger partial charge is 0.123 e. The van der Waals surface area contributed by atoms with E-state index in [9.17, 15) is 4.39 Å². The average Bonchev–Trinajstić information content (AvgIpc) is 2.51. The van der Waals surface area contributed by atoms with Gasteiger partial charge in [-0.25, -0.2) is 4.39 Å². The monoisotopic (exact) mass is 256 g/mol. The molecule has 0 aliphatic heterocycles. The van der Waals surface area contributed by atoms with Gasteiger partial charge in [-0.1, -0.05) is 81.6 Å². The summed E-state index contributed by atoms with van der Waals surface area (Å²) >= 11 is 0. The van der Waals surface area contributed by atoms with Crippen molar-refractivity contribution < 1.29 is 4.39 Å². The van der Waals surface area contributed by atoms with Crippen LogP contribution in [0.4, 0.5) is 4.39 Å². The molecule has 0 spiro atoms. The van der Waals surface area contributed by atoms with Gasteiger partial charge in [0.05, 0.1) is 0 Å². The van der Waals surface area contributed by atoms with E-state index in [2.05, 4.69) is 13.2 Å². The Labute approximate surface area is 115 Å². The van der Waals surface area contributed by atoms with Crippen LogP contribution in [0.5, 0.6) is 0 Å². The lowest BCUT2D eigenvalue weighted by atomic mass is 10.2. The van der Waals surface area contributed by atoms with E-state index in [0.717, 1.165) is 5.56 Å². The maximum atomic E-state index is 12.2. The Morgan fingerprint density at radius 1 is 0.737 bits per heavy atom. The fourth-order valence-electron chi connectivity index (χ4n) is 1.19. The molecule has 1 heteroatoms. The molecule has 0 aliphatic carbocycles. The maximum absolute atomic E-state index is 12.2. The number of hydrogen-bond acceptors (Lipinski definition) is 0. The van der Waals surface area contributed by atoms with Crippen molar-refractivity contribution in [1.29, 1.82) is 0 Å². The van der Waals surface area contributed by atoms with Crippen LogP contribution in [0.3, 0.4) is 0 Å². The molecule has 0 N–H and O–H groups in total. The lowest BCUT2D eigenvalue weighted by molar-refractivity contribution is 0.628. The highest BCUT2D eigenvalue weighted by Gasteiger charge is 1.85. The molecule has 0 saturated heterocycles. The first-order valence-corrected chi connectivity index (χ1v) is 6.31. The zero-order valence-corrected chi connectivity index (χ0v) is 11.6. The zero-order chi connectivity index (χ0) is 14.5. The van der Waals surface area contributed by atoms with Crippen molar-refractivity contribution in [2.24, 2.45) is 0 Å². The molecule has 100 valence electrons. The minimum absolute atomic E-state index is 0.208. The highest BCUT2D eigenvalue weighted by atomic mass is 19.1. The Morgan fingerprint density at radius 3 is 1.53 bits per heavy atom. The van der Waals surface area contributed by atoms with E-state index in [1.165, 1.54) is 17.7 Å². The van der Waals surface area contributed by atoms with E-state index < -0.39 is 0 Å². The van der Waals surface area contributed by atoms with Crippen LogP contribution in [0.1, 0.15) is 25.0 Å². The predicted molar refractivity (Wildman–Crippen MR) is 84.4 cm³/mol. The van der Waals surface area contributed by atoms with Crippen LogP contribution in [0, 0.1) is 5.82 Å². The van der Waals surface area contributed by atoms with Gasteiger partial charge in [0.15, 0.2) is 0 Å². The molecule has 19 heavy (non-hydrogen) atoms. The molecule has 0 nitrogen and oxygen atoms in total. The molecule has 0 amide bonds. The Hall–Kier alpha value is -2.15. The van der Waals surface area contributed by atoms with Gasteiger partial charge in [-0.15, -0.1) is 0 Å². The molecular formula is C18H21F. The Kier molecular flexibility index (Phi) is 9.73. The third-order valence-electron chi connectivity index (χ3n) is 2.14. The third kappa shape index (κ3) is 7.72. The average molecular weight is 256 g/mol. The number of halogens is 1. The number of hydrogen-bond donors (Lipinski definition) is 0.